The van der Waals surface area contributed by atoms with E-state index >= 15 is 0 Å². The van der Waals surface area contributed by atoms with E-state index in [9.17, 15) is 14.4 Å². The van der Waals surface area contributed by atoms with Crippen LogP contribution < -0.4 is 5.73 Å². The lowest BCUT2D eigenvalue weighted by Gasteiger charge is -2.03. The summed E-state index contributed by atoms with van der Waals surface area (Å²) in [5.74, 6) is 5.74. The molecule has 3 N–H and O–H groups in total. The predicted octanol–water partition coefficient (Wildman–Crippen LogP) is 10.4. The number of benzene rings is 4. The first kappa shape index (κ1) is 48.5. The Morgan fingerprint density at radius 3 is 1.42 bits per heavy atom. The van der Waals surface area contributed by atoms with Gasteiger partial charge in [0.2, 0.25) is 0 Å². The van der Waals surface area contributed by atoms with E-state index in [1.807, 2.05) is 111 Å². The average Bonchev–Trinajstić information content (AvgIpc) is 4.12. The predicted molar refractivity (Wildman–Crippen MR) is 251 cm³/mol. The number of Topliss-reactive ketones (excluding diaryl/α,β-unsaturated/α-hetero) is 2. The number of aromatic carboxylic acids is 1. The normalized spacial score (nSPS) is 10.0. The van der Waals surface area contributed by atoms with Crippen LogP contribution in [0.3, 0.4) is 0 Å². The molecule has 0 aliphatic heterocycles. The minimum Gasteiger partial charge on any atom is -0.478 e. The van der Waals surface area contributed by atoms with Crippen molar-refractivity contribution in [3.63, 3.8) is 0 Å². The number of carbonyl (C=O) groups is 3. The van der Waals surface area contributed by atoms with Gasteiger partial charge in [0, 0.05) is 101 Å². The highest BCUT2D eigenvalue weighted by atomic mass is 79.9. The number of unbranched alkanes of at least 4 members (excludes halogenated alkanes) is 2. The van der Waals surface area contributed by atoms with Crippen LogP contribution in [0.5, 0.6) is 0 Å². The molecule has 0 spiro atoms. The molecule has 320 valence electrons. The number of imidazole rings is 3. The van der Waals surface area contributed by atoms with E-state index in [0.717, 1.165) is 89.5 Å². The third-order valence-corrected chi connectivity index (χ3v) is 9.95. The second-order valence-electron chi connectivity index (χ2n) is 13.8. The molecular formula is C49H51Br2N7O4. The standard InChI is InChI=1S/C22H20N2O.C14H15BrN2O.C7H5BrO2.C6H11N3/c25-22(11-4-5-15-24-16-14-23-18-24)21-10-6-9-20(17-21)13-12-19-7-2-1-3-8-19;15-13-5-3-4-12(10-13)14(18)6-1-2-8-17-9-7-16-11-17;8-6-3-1-2-5(4-6)7(9)10;7-2-1-4-9-5-3-8-6-9/h1-3,6-10,14,16-18H,4-5,11,15H2;3-5,7,9-11H,1-2,6,8H2;1-4H,(H,9,10);3,5-6H,1-2,4,7H2. The van der Waals surface area contributed by atoms with Gasteiger partial charge in [0.05, 0.1) is 24.5 Å². The van der Waals surface area contributed by atoms with Crippen LogP contribution in [0.15, 0.2) is 168 Å². The van der Waals surface area contributed by atoms with Crippen LogP contribution in [0, 0.1) is 11.8 Å². The second kappa shape index (κ2) is 28.3. The lowest BCUT2D eigenvalue weighted by molar-refractivity contribution is 0.0696. The van der Waals surface area contributed by atoms with Gasteiger partial charge in [-0.2, -0.15) is 0 Å². The summed E-state index contributed by atoms with van der Waals surface area (Å²) in [5, 5.41) is 8.49. The zero-order chi connectivity index (χ0) is 44.2. The average molecular weight is 962 g/mol. The van der Waals surface area contributed by atoms with Gasteiger partial charge in [-0.3, -0.25) is 9.59 Å². The maximum Gasteiger partial charge on any atom is 0.335 e. The summed E-state index contributed by atoms with van der Waals surface area (Å²) in [6.07, 6.45) is 22.5. The number of aromatic nitrogens is 6. The van der Waals surface area contributed by atoms with Crippen LogP contribution in [-0.2, 0) is 19.6 Å². The topological polar surface area (TPSA) is 151 Å². The van der Waals surface area contributed by atoms with Gasteiger partial charge in [-0.05, 0) is 93.2 Å². The molecule has 0 atom stereocenters. The number of hydrogen-bond acceptors (Lipinski definition) is 7. The van der Waals surface area contributed by atoms with E-state index < -0.39 is 5.97 Å². The Kier molecular flexibility index (Phi) is 22.2. The smallest absolute Gasteiger partial charge is 0.335 e. The van der Waals surface area contributed by atoms with Crippen molar-refractivity contribution < 1.29 is 19.5 Å². The van der Waals surface area contributed by atoms with Crippen LogP contribution in [0.4, 0.5) is 0 Å². The Morgan fingerprint density at radius 1 is 0.532 bits per heavy atom. The molecule has 0 fully saturated rings. The number of ketones is 2. The molecule has 0 amide bonds. The Morgan fingerprint density at radius 2 is 0.968 bits per heavy atom. The van der Waals surface area contributed by atoms with Crippen molar-refractivity contribution >= 4 is 49.4 Å². The van der Waals surface area contributed by atoms with Crippen molar-refractivity contribution in [2.45, 2.75) is 64.6 Å². The first-order valence-corrected chi connectivity index (χ1v) is 21.8. The molecular weight excluding hydrogens is 910 g/mol. The van der Waals surface area contributed by atoms with E-state index in [-0.39, 0.29) is 11.6 Å². The summed E-state index contributed by atoms with van der Waals surface area (Å²) in [5.41, 5.74) is 8.97. The van der Waals surface area contributed by atoms with Crippen molar-refractivity contribution in [2.75, 3.05) is 6.54 Å². The van der Waals surface area contributed by atoms with Crippen molar-refractivity contribution in [1.29, 1.82) is 0 Å². The molecule has 0 aliphatic carbocycles. The van der Waals surface area contributed by atoms with Crippen molar-refractivity contribution in [3.05, 3.63) is 196 Å². The van der Waals surface area contributed by atoms with Crippen LogP contribution in [0.1, 0.15) is 87.1 Å². The molecule has 0 saturated carbocycles. The Balaban J connectivity index is 0.000000198. The van der Waals surface area contributed by atoms with Crippen molar-refractivity contribution in [2.24, 2.45) is 5.73 Å². The number of hydrogen-bond donors (Lipinski definition) is 2. The van der Waals surface area contributed by atoms with Crippen molar-refractivity contribution in [1.82, 2.24) is 28.7 Å². The lowest BCUT2D eigenvalue weighted by Crippen LogP contribution is -2.03. The van der Waals surface area contributed by atoms with E-state index in [1.165, 1.54) is 0 Å². The van der Waals surface area contributed by atoms with Gasteiger partial charge in [-0.15, -0.1) is 0 Å². The van der Waals surface area contributed by atoms with E-state index in [4.69, 9.17) is 10.8 Å². The molecule has 4 aromatic carbocycles. The zero-order valence-corrected chi connectivity index (χ0v) is 37.6. The fourth-order valence-corrected chi connectivity index (χ4v) is 6.50. The van der Waals surface area contributed by atoms with Gasteiger partial charge >= 0.3 is 5.97 Å². The molecule has 0 unspecified atom stereocenters. The minimum atomic E-state index is -0.902. The Bertz CT molecular complexity index is 2410. The van der Waals surface area contributed by atoms with Crippen molar-refractivity contribution in [3.8, 4) is 11.8 Å². The largest absolute Gasteiger partial charge is 0.478 e. The van der Waals surface area contributed by atoms with Crippen LogP contribution in [0.25, 0.3) is 0 Å². The number of halogens is 2. The number of rotatable bonds is 16. The third-order valence-electron chi connectivity index (χ3n) is 8.97. The number of nitrogens with two attached hydrogens (primary N) is 1. The summed E-state index contributed by atoms with van der Waals surface area (Å²) in [6, 6.07) is 31.6. The first-order valence-electron chi connectivity index (χ1n) is 20.3. The number of aryl methyl sites for hydroxylation is 3. The number of nitrogens with zero attached hydrogens (tertiary/aromatic N) is 6. The van der Waals surface area contributed by atoms with E-state index in [0.29, 0.717) is 18.4 Å². The van der Waals surface area contributed by atoms with E-state index in [1.54, 1.807) is 61.8 Å². The summed E-state index contributed by atoms with van der Waals surface area (Å²) in [4.78, 5) is 46.5. The molecule has 13 heteroatoms. The summed E-state index contributed by atoms with van der Waals surface area (Å²) in [7, 11) is 0. The molecule has 3 heterocycles. The first-order chi connectivity index (χ1) is 30.2. The zero-order valence-electron chi connectivity index (χ0n) is 34.5. The van der Waals surface area contributed by atoms with Gasteiger partial charge < -0.3 is 24.5 Å². The third kappa shape index (κ3) is 19.5. The number of carboxylic acids is 1. The number of carboxylic acid groups (broad SMARTS) is 1. The highest BCUT2D eigenvalue weighted by Gasteiger charge is 2.07. The highest BCUT2D eigenvalue weighted by Crippen LogP contribution is 2.15. The maximum atomic E-state index is 12.4. The molecule has 3 aromatic heterocycles. The fourth-order valence-electron chi connectivity index (χ4n) is 5.70. The molecule has 7 rings (SSSR count). The summed E-state index contributed by atoms with van der Waals surface area (Å²) >= 11 is 6.54. The van der Waals surface area contributed by atoms with E-state index in [2.05, 4.69) is 58.7 Å². The molecule has 7 aromatic rings. The van der Waals surface area contributed by atoms with Gasteiger partial charge in [0.15, 0.2) is 11.6 Å². The van der Waals surface area contributed by atoms with Gasteiger partial charge in [-0.1, -0.05) is 92.2 Å². The fraction of sp³-hybridized carbons (Fsp3) is 0.224. The van der Waals surface area contributed by atoms with Crippen LogP contribution >= 0.6 is 31.9 Å². The van der Waals surface area contributed by atoms with Crippen LogP contribution in [0.2, 0.25) is 0 Å². The summed E-state index contributed by atoms with van der Waals surface area (Å²) < 4.78 is 7.82. The van der Waals surface area contributed by atoms with Gasteiger partial charge in [-0.25, -0.2) is 19.7 Å². The van der Waals surface area contributed by atoms with Crippen LogP contribution in [-0.4, -0.2) is 57.8 Å². The molecule has 0 bridgehead atoms. The molecule has 62 heavy (non-hydrogen) atoms. The Labute approximate surface area is 380 Å². The quantitative estimate of drug-likeness (QED) is 0.0552. The summed E-state index contributed by atoms with van der Waals surface area (Å²) in [6.45, 7) is 3.55. The molecule has 0 radical (unpaired) electrons. The molecule has 11 nitrogen and oxygen atoms in total. The highest BCUT2D eigenvalue weighted by molar-refractivity contribution is 9.10. The van der Waals surface area contributed by atoms with Gasteiger partial charge in [0.25, 0.3) is 0 Å². The minimum absolute atomic E-state index is 0.175. The monoisotopic (exact) mass is 959 g/mol. The molecule has 0 aliphatic rings. The van der Waals surface area contributed by atoms with Gasteiger partial charge in [0.1, 0.15) is 0 Å². The number of carbonyl (C=O) groups excluding carboxylic acids is 2. The Hall–Kier alpha value is -6.20. The SMILES string of the molecule is NCCCn1ccnc1.O=C(CCCCn1ccnc1)c1cccc(Br)c1.O=C(CCCCn1ccnc1)c1cccc(C#Cc2ccccc2)c1.O=C(O)c1cccc(Br)c1. The maximum absolute atomic E-state index is 12.4. The lowest BCUT2D eigenvalue weighted by atomic mass is 10.0. The second-order valence-corrected chi connectivity index (χ2v) is 15.7. The molecule has 0 saturated heterocycles.